The highest BCUT2D eigenvalue weighted by Gasteiger charge is 2.10. The third-order valence-electron chi connectivity index (χ3n) is 2.19. The average molecular weight is 243 g/mol. The molecule has 0 fully saturated rings. The number of fused-ring (bicyclic) bond motifs is 1. The second-order valence-corrected chi connectivity index (χ2v) is 4.90. The third-order valence-corrected chi connectivity index (χ3v) is 3.72. The summed E-state index contributed by atoms with van der Waals surface area (Å²) in [6, 6.07) is 5.82. The van der Waals surface area contributed by atoms with Crippen LogP contribution in [0.5, 0.6) is 0 Å². The van der Waals surface area contributed by atoms with Crippen molar-refractivity contribution in [2.45, 2.75) is 12.8 Å². The van der Waals surface area contributed by atoms with E-state index >= 15 is 0 Å². The van der Waals surface area contributed by atoms with Crippen molar-refractivity contribution in [2.75, 3.05) is 6.61 Å². The molecular formula is C10H11ClN2OS. The van der Waals surface area contributed by atoms with E-state index in [1.165, 1.54) is 4.88 Å². The number of hydrogen-bond acceptors (Lipinski definition) is 4. The molecule has 0 amide bonds. The summed E-state index contributed by atoms with van der Waals surface area (Å²) in [5.41, 5.74) is 0.936. The lowest BCUT2D eigenvalue weighted by molar-refractivity contribution is 0.127. The predicted molar refractivity (Wildman–Crippen MR) is 63.2 cm³/mol. The van der Waals surface area contributed by atoms with Crippen LogP contribution in [0.25, 0.3) is 10.2 Å². The first-order valence-corrected chi connectivity index (χ1v) is 5.78. The highest BCUT2D eigenvalue weighted by Crippen LogP contribution is 2.30. The molecule has 2 heterocycles. The molecular weight excluding hydrogens is 232 g/mol. The summed E-state index contributed by atoms with van der Waals surface area (Å²) in [7, 11) is 0. The Balaban J connectivity index is 2.38. The van der Waals surface area contributed by atoms with Gasteiger partial charge in [-0.3, -0.25) is 0 Å². The maximum Gasteiger partial charge on any atom is 0.129 e. The van der Waals surface area contributed by atoms with Gasteiger partial charge in [0, 0.05) is 10.8 Å². The Morgan fingerprint density at radius 2 is 2.40 bits per heavy atom. The number of pyridine rings is 1. The molecule has 0 aliphatic rings. The van der Waals surface area contributed by atoms with E-state index in [-0.39, 0.29) is 5.92 Å². The van der Waals surface area contributed by atoms with E-state index in [1.54, 1.807) is 17.4 Å². The fraction of sp³-hybridized carbons (Fsp3) is 0.300. The molecule has 5 heteroatoms. The van der Waals surface area contributed by atoms with Crippen molar-refractivity contribution in [3.8, 4) is 0 Å². The second-order valence-electron chi connectivity index (χ2n) is 3.40. The minimum Gasteiger partial charge on any atom is -0.304 e. The molecule has 0 aliphatic carbocycles. The average Bonchev–Trinajstić information content (AvgIpc) is 2.60. The zero-order valence-corrected chi connectivity index (χ0v) is 9.81. The minimum atomic E-state index is 0.285. The van der Waals surface area contributed by atoms with Gasteiger partial charge in [0.2, 0.25) is 0 Å². The number of aromatic nitrogens is 1. The molecule has 15 heavy (non-hydrogen) atoms. The number of rotatable bonds is 3. The molecule has 0 radical (unpaired) electrons. The van der Waals surface area contributed by atoms with Gasteiger partial charge in [0.25, 0.3) is 0 Å². The largest absolute Gasteiger partial charge is 0.304 e. The van der Waals surface area contributed by atoms with Gasteiger partial charge in [-0.2, -0.15) is 0 Å². The highest BCUT2D eigenvalue weighted by molar-refractivity contribution is 7.19. The number of hydrogen-bond donors (Lipinski definition) is 1. The van der Waals surface area contributed by atoms with Crippen LogP contribution in [0.3, 0.4) is 0 Å². The molecule has 0 aromatic carbocycles. The van der Waals surface area contributed by atoms with Crippen molar-refractivity contribution in [2.24, 2.45) is 5.90 Å². The predicted octanol–water partition coefficient (Wildman–Crippen LogP) is 2.94. The van der Waals surface area contributed by atoms with Gasteiger partial charge < -0.3 is 4.84 Å². The summed E-state index contributed by atoms with van der Waals surface area (Å²) in [5, 5.41) is 0.523. The Bertz CT molecular complexity index is 471. The first-order valence-electron chi connectivity index (χ1n) is 4.58. The van der Waals surface area contributed by atoms with E-state index in [0.717, 1.165) is 10.2 Å². The standard InChI is InChI=1S/C10H11ClN2OS/c1-6(5-14-12)9-4-7-8(15-9)2-3-10(11)13-7/h2-4,6H,5,12H2,1H3. The van der Waals surface area contributed by atoms with E-state index in [2.05, 4.69) is 16.7 Å². The minimum absolute atomic E-state index is 0.285. The molecule has 2 rings (SSSR count). The molecule has 1 unspecified atom stereocenters. The molecule has 2 N–H and O–H groups in total. The number of halogens is 1. The van der Waals surface area contributed by atoms with Crippen LogP contribution in [0.15, 0.2) is 18.2 Å². The summed E-state index contributed by atoms with van der Waals surface area (Å²) in [4.78, 5) is 10.1. The van der Waals surface area contributed by atoms with Crippen molar-refractivity contribution in [3.63, 3.8) is 0 Å². The normalized spacial score (nSPS) is 13.3. The summed E-state index contributed by atoms with van der Waals surface area (Å²) in [5.74, 6) is 5.34. The molecule has 2 aromatic heterocycles. The van der Waals surface area contributed by atoms with E-state index in [9.17, 15) is 0 Å². The monoisotopic (exact) mass is 242 g/mol. The van der Waals surface area contributed by atoms with Crippen LogP contribution in [-0.4, -0.2) is 11.6 Å². The number of thiophene rings is 1. The maximum absolute atomic E-state index is 5.82. The Morgan fingerprint density at radius 3 is 3.13 bits per heavy atom. The van der Waals surface area contributed by atoms with Crippen LogP contribution < -0.4 is 5.90 Å². The van der Waals surface area contributed by atoms with Crippen LogP contribution in [-0.2, 0) is 4.84 Å². The first kappa shape index (κ1) is 10.8. The van der Waals surface area contributed by atoms with Crippen molar-refractivity contribution in [1.82, 2.24) is 4.98 Å². The molecule has 2 aromatic rings. The summed E-state index contributed by atoms with van der Waals surface area (Å²) in [6.45, 7) is 2.58. The lowest BCUT2D eigenvalue weighted by Gasteiger charge is -2.05. The summed E-state index contributed by atoms with van der Waals surface area (Å²) < 4.78 is 1.14. The molecule has 0 saturated carbocycles. The van der Waals surface area contributed by atoms with Crippen molar-refractivity contribution >= 4 is 33.2 Å². The van der Waals surface area contributed by atoms with E-state index in [0.29, 0.717) is 11.8 Å². The van der Waals surface area contributed by atoms with Gasteiger partial charge in [-0.1, -0.05) is 18.5 Å². The topological polar surface area (TPSA) is 48.1 Å². The molecule has 0 spiro atoms. The molecule has 1 atom stereocenters. The first-order chi connectivity index (χ1) is 7.20. The van der Waals surface area contributed by atoms with Gasteiger partial charge in [-0.15, -0.1) is 11.3 Å². The zero-order valence-electron chi connectivity index (χ0n) is 8.24. The fourth-order valence-electron chi connectivity index (χ4n) is 1.39. The Morgan fingerprint density at radius 1 is 1.60 bits per heavy atom. The summed E-state index contributed by atoms with van der Waals surface area (Å²) >= 11 is 7.51. The van der Waals surface area contributed by atoms with Gasteiger partial charge in [0.15, 0.2) is 0 Å². The fourth-order valence-corrected chi connectivity index (χ4v) is 2.58. The lowest BCUT2D eigenvalue weighted by Crippen LogP contribution is -2.07. The van der Waals surface area contributed by atoms with Crippen molar-refractivity contribution in [3.05, 3.63) is 28.2 Å². The van der Waals surface area contributed by atoms with Gasteiger partial charge in [0.1, 0.15) is 5.15 Å². The second kappa shape index (κ2) is 4.45. The molecule has 0 bridgehead atoms. The highest BCUT2D eigenvalue weighted by atomic mass is 35.5. The van der Waals surface area contributed by atoms with Gasteiger partial charge in [-0.05, 0) is 18.2 Å². The Hall–Kier alpha value is -0.680. The van der Waals surface area contributed by atoms with E-state index in [1.807, 2.05) is 12.1 Å². The van der Waals surface area contributed by atoms with E-state index < -0.39 is 0 Å². The quantitative estimate of drug-likeness (QED) is 0.665. The SMILES string of the molecule is CC(CON)c1cc2nc(Cl)ccc2s1. The van der Waals surface area contributed by atoms with Crippen molar-refractivity contribution in [1.29, 1.82) is 0 Å². The Labute approximate surface area is 96.8 Å². The molecule has 0 aliphatic heterocycles. The number of nitrogens with zero attached hydrogens (tertiary/aromatic N) is 1. The van der Waals surface area contributed by atoms with Gasteiger partial charge in [-0.25, -0.2) is 10.9 Å². The third kappa shape index (κ3) is 2.29. The summed E-state index contributed by atoms with van der Waals surface area (Å²) in [6.07, 6.45) is 0. The molecule has 3 nitrogen and oxygen atoms in total. The molecule has 0 saturated heterocycles. The zero-order chi connectivity index (χ0) is 10.8. The van der Waals surface area contributed by atoms with Crippen molar-refractivity contribution < 1.29 is 4.84 Å². The van der Waals surface area contributed by atoms with Crippen LogP contribution >= 0.6 is 22.9 Å². The van der Waals surface area contributed by atoms with Gasteiger partial charge >= 0.3 is 0 Å². The maximum atomic E-state index is 5.82. The van der Waals surface area contributed by atoms with Crippen LogP contribution in [0, 0.1) is 0 Å². The van der Waals surface area contributed by atoms with E-state index in [4.69, 9.17) is 17.5 Å². The van der Waals surface area contributed by atoms with Gasteiger partial charge in [0.05, 0.1) is 16.8 Å². The van der Waals surface area contributed by atoms with Crippen LogP contribution in [0.4, 0.5) is 0 Å². The lowest BCUT2D eigenvalue weighted by atomic mass is 10.1. The molecule has 80 valence electrons. The number of nitrogens with two attached hydrogens (primary N) is 1. The van der Waals surface area contributed by atoms with Crippen LogP contribution in [0.1, 0.15) is 17.7 Å². The Kier molecular flexibility index (Phi) is 3.21. The van der Waals surface area contributed by atoms with Crippen LogP contribution in [0.2, 0.25) is 5.15 Å². The smallest absolute Gasteiger partial charge is 0.129 e.